The third-order valence-electron chi connectivity index (χ3n) is 4.32. The fourth-order valence-corrected chi connectivity index (χ4v) is 3.09. The highest BCUT2D eigenvalue weighted by Gasteiger charge is 2.10. The van der Waals surface area contributed by atoms with Gasteiger partial charge < -0.3 is 5.11 Å². The molecule has 0 fully saturated rings. The Morgan fingerprint density at radius 3 is 2.35 bits per heavy atom. The molecule has 0 saturated heterocycles. The number of hydrogen-bond acceptors (Lipinski definition) is 2. The average Bonchev–Trinajstić information content (AvgIpc) is 3.14. The van der Waals surface area contributed by atoms with Gasteiger partial charge in [-0.15, -0.1) is 0 Å². The van der Waals surface area contributed by atoms with Gasteiger partial charge in [0, 0.05) is 27.9 Å². The van der Waals surface area contributed by atoms with Gasteiger partial charge in [-0.1, -0.05) is 72.3 Å². The van der Waals surface area contributed by atoms with Crippen LogP contribution in [0.4, 0.5) is 0 Å². The number of halogens is 1. The molecule has 4 rings (SSSR count). The van der Waals surface area contributed by atoms with Crippen LogP contribution >= 0.6 is 11.6 Å². The maximum atomic E-state index is 10.7. The smallest absolute Gasteiger partial charge is 0.128 e. The van der Waals surface area contributed by atoms with Crippen molar-refractivity contribution in [3.63, 3.8) is 0 Å². The van der Waals surface area contributed by atoms with Gasteiger partial charge in [-0.25, -0.2) is 0 Å². The molecule has 0 amide bonds. The topological polar surface area (TPSA) is 38.0 Å². The monoisotopic (exact) mass is 360 g/mol. The summed E-state index contributed by atoms with van der Waals surface area (Å²) in [7, 11) is 0. The average molecular weight is 361 g/mol. The molecule has 4 heteroatoms. The van der Waals surface area contributed by atoms with E-state index in [4.69, 9.17) is 11.6 Å². The molecule has 0 bridgehead atoms. The summed E-state index contributed by atoms with van der Waals surface area (Å²) in [5.41, 5.74) is 4.53. The van der Waals surface area contributed by atoms with Gasteiger partial charge in [0.15, 0.2) is 0 Å². The molecule has 0 saturated carbocycles. The Morgan fingerprint density at radius 2 is 1.58 bits per heavy atom. The first-order valence-corrected chi connectivity index (χ1v) is 8.74. The van der Waals surface area contributed by atoms with Crippen molar-refractivity contribution in [1.82, 2.24) is 9.78 Å². The summed E-state index contributed by atoms with van der Waals surface area (Å²) in [6.45, 7) is 0.500. The molecule has 26 heavy (non-hydrogen) atoms. The predicted molar refractivity (Wildman–Crippen MR) is 105 cm³/mol. The lowest BCUT2D eigenvalue weighted by molar-refractivity contribution is 0.466. The van der Waals surface area contributed by atoms with Gasteiger partial charge in [0.05, 0.1) is 12.2 Å². The second-order valence-corrected chi connectivity index (χ2v) is 6.52. The van der Waals surface area contributed by atoms with Crippen LogP contribution < -0.4 is 0 Å². The summed E-state index contributed by atoms with van der Waals surface area (Å²) in [4.78, 5) is 0. The normalized spacial score (nSPS) is 10.8. The van der Waals surface area contributed by atoms with Crippen LogP contribution in [0.3, 0.4) is 0 Å². The van der Waals surface area contributed by atoms with Gasteiger partial charge in [0.1, 0.15) is 5.75 Å². The van der Waals surface area contributed by atoms with Crippen LogP contribution in [0.1, 0.15) is 5.56 Å². The molecule has 3 nitrogen and oxygen atoms in total. The van der Waals surface area contributed by atoms with Crippen molar-refractivity contribution in [2.24, 2.45) is 0 Å². The fourth-order valence-electron chi connectivity index (χ4n) is 2.97. The van der Waals surface area contributed by atoms with Gasteiger partial charge in [-0.05, 0) is 23.8 Å². The zero-order valence-corrected chi connectivity index (χ0v) is 14.8. The molecule has 0 unspecified atom stereocenters. The highest BCUT2D eigenvalue weighted by Crippen LogP contribution is 2.33. The van der Waals surface area contributed by atoms with E-state index in [0.29, 0.717) is 11.6 Å². The van der Waals surface area contributed by atoms with Gasteiger partial charge in [0.25, 0.3) is 0 Å². The second kappa shape index (κ2) is 7.06. The standard InChI is InChI=1S/C22H17ClN2O/c23-19-11-9-16(10-12-19)20-8-4-7-18(22(20)26)15-25-14-13-21(24-25)17-5-2-1-3-6-17/h1-14,26H,15H2. The Kier molecular flexibility index (Phi) is 4.46. The molecule has 0 spiro atoms. The molecule has 0 aliphatic heterocycles. The molecule has 3 aromatic carbocycles. The molecule has 1 N–H and O–H groups in total. The summed E-state index contributed by atoms with van der Waals surface area (Å²) >= 11 is 5.96. The Labute approximate surface area is 157 Å². The number of hydrogen-bond donors (Lipinski definition) is 1. The lowest BCUT2D eigenvalue weighted by atomic mass is 10.0. The third kappa shape index (κ3) is 3.35. The van der Waals surface area contributed by atoms with Crippen molar-refractivity contribution in [3.05, 3.63) is 95.6 Å². The fraction of sp³-hybridized carbons (Fsp3) is 0.0455. The van der Waals surface area contributed by atoms with Crippen LogP contribution in [-0.2, 0) is 6.54 Å². The van der Waals surface area contributed by atoms with Crippen LogP contribution in [-0.4, -0.2) is 14.9 Å². The number of aromatic nitrogens is 2. The van der Waals surface area contributed by atoms with E-state index in [1.807, 2.05) is 89.7 Å². The van der Waals surface area contributed by atoms with E-state index in [1.54, 1.807) is 0 Å². The van der Waals surface area contributed by atoms with E-state index in [-0.39, 0.29) is 5.75 Å². The van der Waals surface area contributed by atoms with Crippen LogP contribution in [0, 0.1) is 0 Å². The van der Waals surface area contributed by atoms with Crippen molar-refractivity contribution in [3.8, 4) is 28.1 Å². The highest BCUT2D eigenvalue weighted by molar-refractivity contribution is 6.30. The summed E-state index contributed by atoms with van der Waals surface area (Å²) in [5, 5.41) is 16.0. The number of benzene rings is 3. The summed E-state index contributed by atoms with van der Waals surface area (Å²) in [6.07, 6.45) is 1.93. The molecule has 4 aromatic rings. The van der Waals surface area contributed by atoms with E-state index >= 15 is 0 Å². The molecule has 1 aromatic heterocycles. The Hall–Kier alpha value is -3.04. The SMILES string of the molecule is Oc1c(Cn2ccc(-c3ccccc3)n2)cccc1-c1ccc(Cl)cc1. The minimum absolute atomic E-state index is 0.270. The van der Waals surface area contributed by atoms with Crippen LogP contribution in [0.2, 0.25) is 5.02 Å². The van der Waals surface area contributed by atoms with Gasteiger partial charge in [-0.3, -0.25) is 4.68 Å². The minimum Gasteiger partial charge on any atom is -0.507 e. The quantitative estimate of drug-likeness (QED) is 0.512. The lowest BCUT2D eigenvalue weighted by Gasteiger charge is -2.10. The molecule has 1 heterocycles. The van der Waals surface area contributed by atoms with Crippen molar-refractivity contribution in [1.29, 1.82) is 0 Å². The summed E-state index contributed by atoms with van der Waals surface area (Å²) < 4.78 is 1.84. The number of phenolic OH excluding ortho intramolecular Hbond substituents is 1. The first kappa shape index (κ1) is 16.4. The Morgan fingerprint density at radius 1 is 0.808 bits per heavy atom. The molecular formula is C22H17ClN2O. The zero-order chi connectivity index (χ0) is 17.9. The number of rotatable bonds is 4. The van der Waals surface area contributed by atoms with E-state index in [9.17, 15) is 5.11 Å². The van der Waals surface area contributed by atoms with Crippen molar-refractivity contribution in [2.45, 2.75) is 6.54 Å². The van der Waals surface area contributed by atoms with Gasteiger partial charge >= 0.3 is 0 Å². The summed E-state index contributed by atoms with van der Waals surface area (Å²) in [6, 6.07) is 25.2. The third-order valence-corrected chi connectivity index (χ3v) is 4.57. The summed E-state index contributed by atoms with van der Waals surface area (Å²) in [5.74, 6) is 0.270. The largest absolute Gasteiger partial charge is 0.507 e. The maximum absolute atomic E-state index is 10.7. The number of aromatic hydroxyl groups is 1. The first-order chi connectivity index (χ1) is 12.7. The van der Waals surface area contributed by atoms with Crippen LogP contribution in [0.15, 0.2) is 85.1 Å². The van der Waals surface area contributed by atoms with Gasteiger partial charge in [0.2, 0.25) is 0 Å². The molecule has 0 aliphatic carbocycles. The van der Waals surface area contributed by atoms with Crippen molar-refractivity contribution in [2.75, 3.05) is 0 Å². The maximum Gasteiger partial charge on any atom is 0.128 e. The Bertz CT molecular complexity index is 1020. The molecule has 128 valence electrons. The van der Waals surface area contributed by atoms with Crippen LogP contribution in [0.25, 0.3) is 22.4 Å². The van der Waals surface area contributed by atoms with Crippen LogP contribution in [0.5, 0.6) is 5.75 Å². The lowest BCUT2D eigenvalue weighted by Crippen LogP contribution is -2.01. The number of phenols is 1. The second-order valence-electron chi connectivity index (χ2n) is 6.08. The minimum atomic E-state index is 0.270. The van der Waals surface area contributed by atoms with E-state index in [2.05, 4.69) is 5.10 Å². The number of nitrogens with zero attached hydrogens (tertiary/aromatic N) is 2. The van der Waals surface area contributed by atoms with E-state index in [1.165, 1.54) is 0 Å². The molecule has 0 atom stereocenters. The van der Waals surface area contributed by atoms with E-state index < -0.39 is 0 Å². The van der Waals surface area contributed by atoms with Gasteiger partial charge in [-0.2, -0.15) is 5.10 Å². The zero-order valence-electron chi connectivity index (χ0n) is 14.0. The number of para-hydroxylation sites is 1. The first-order valence-electron chi connectivity index (χ1n) is 8.36. The molecule has 0 aliphatic rings. The van der Waals surface area contributed by atoms with Crippen molar-refractivity contribution < 1.29 is 5.11 Å². The van der Waals surface area contributed by atoms with Crippen molar-refractivity contribution >= 4 is 11.6 Å². The Balaban J connectivity index is 1.62. The molecule has 0 radical (unpaired) electrons. The molecular weight excluding hydrogens is 344 g/mol. The van der Waals surface area contributed by atoms with E-state index in [0.717, 1.165) is 27.9 Å². The highest BCUT2D eigenvalue weighted by atomic mass is 35.5. The predicted octanol–water partition coefficient (Wildman–Crippen LogP) is 5.62.